The van der Waals surface area contributed by atoms with Crippen molar-refractivity contribution in [3.8, 4) is 5.75 Å². The first-order chi connectivity index (χ1) is 14.8. The Bertz CT molecular complexity index is 987. The number of carbonyl (C=O) groups excluding carboxylic acids is 1. The highest BCUT2D eigenvalue weighted by Gasteiger charge is 2.31. The molecule has 2 aromatic carbocycles. The van der Waals surface area contributed by atoms with E-state index in [9.17, 15) is 13.2 Å². The molecule has 1 heterocycles. The van der Waals surface area contributed by atoms with Gasteiger partial charge in [-0.3, -0.25) is 4.79 Å². The lowest BCUT2D eigenvalue weighted by atomic mass is 9.96. The van der Waals surface area contributed by atoms with Crippen molar-refractivity contribution in [2.24, 2.45) is 5.92 Å². The van der Waals surface area contributed by atoms with Crippen molar-refractivity contribution in [1.29, 1.82) is 0 Å². The van der Waals surface area contributed by atoms with Crippen LogP contribution in [0.3, 0.4) is 0 Å². The summed E-state index contributed by atoms with van der Waals surface area (Å²) in [5, 5.41) is 3.06. The van der Waals surface area contributed by atoms with Gasteiger partial charge in [0.2, 0.25) is 15.9 Å². The number of hydrogen-bond donors (Lipinski definition) is 1. The number of carbonyl (C=O) groups is 1. The molecule has 0 aromatic heterocycles. The predicted octanol–water partition coefficient (Wildman–Crippen LogP) is 4.27. The summed E-state index contributed by atoms with van der Waals surface area (Å²) in [5.74, 6) is 0.576. The van der Waals surface area contributed by atoms with Gasteiger partial charge in [0.25, 0.3) is 0 Å². The van der Waals surface area contributed by atoms with Gasteiger partial charge >= 0.3 is 0 Å². The number of ether oxygens (including phenoxy) is 1. The van der Waals surface area contributed by atoms with E-state index in [2.05, 4.69) is 21.2 Å². The second kappa shape index (κ2) is 10.6. The highest BCUT2D eigenvalue weighted by atomic mass is 79.9. The summed E-state index contributed by atoms with van der Waals surface area (Å²) in [5.41, 5.74) is 1.75. The maximum atomic E-state index is 12.8. The Morgan fingerprint density at radius 2 is 1.87 bits per heavy atom. The van der Waals surface area contributed by atoms with Gasteiger partial charge in [-0.2, -0.15) is 0 Å². The molecular weight excluding hydrogens is 480 g/mol. The molecule has 6 nitrogen and oxygen atoms in total. The molecule has 2 aromatic rings. The molecule has 168 valence electrons. The van der Waals surface area contributed by atoms with E-state index < -0.39 is 10.0 Å². The number of rotatable bonds is 8. The van der Waals surface area contributed by atoms with E-state index in [1.807, 2.05) is 62.4 Å². The van der Waals surface area contributed by atoms with Crippen molar-refractivity contribution in [3.05, 3.63) is 64.1 Å². The van der Waals surface area contributed by atoms with E-state index in [1.54, 1.807) is 0 Å². The topological polar surface area (TPSA) is 75.7 Å². The van der Waals surface area contributed by atoms with E-state index in [0.29, 0.717) is 32.5 Å². The third-order valence-electron chi connectivity index (χ3n) is 5.51. The van der Waals surface area contributed by atoms with Crippen LogP contribution in [0.25, 0.3) is 0 Å². The first kappa shape index (κ1) is 23.8. The van der Waals surface area contributed by atoms with Crippen molar-refractivity contribution >= 4 is 31.9 Å². The highest BCUT2D eigenvalue weighted by Crippen LogP contribution is 2.24. The molecule has 31 heavy (non-hydrogen) atoms. The van der Waals surface area contributed by atoms with E-state index in [4.69, 9.17) is 4.74 Å². The van der Waals surface area contributed by atoms with Crippen LogP contribution >= 0.6 is 15.9 Å². The van der Waals surface area contributed by atoms with Crippen molar-refractivity contribution < 1.29 is 17.9 Å². The molecule has 1 amide bonds. The van der Waals surface area contributed by atoms with Gasteiger partial charge in [-0.25, -0.2) is 12.7 Å². The average molecular weight is 509 g/mol. The lowest BCUT2D eigenvalue weighted by molar-refractivity contribution is -0.126. The first-order valence-electron chi connectivity index (χ1n) is 10.5. The molecule has 1 N–H and O–H groups in total. The summed E-state index contributed by atoms with van der Waals surface area (Å²) in [4.78, 5) is 12.7. The van der Waals surface area contributed by atoms with E-state index in [-0.39, 0.29) is 23.6 Å². The number of benzene rings is 2. The molecule has 0 spiro atoms. The number of piperidine rings is 1. The Labute approximate surface area is 193 Å². The SMILES string of the molecule is CCOc1ccc([C@H](C)NC(=O)C2CCN(S(=O)(=O)Cc3cccc(Br)c3)CC2)cc1. The maximum Gasteiger partial charge on any atom is 0.223 e. The molecule has 1 atom stereocenters. The number of halogens is 1. The molecule has 1 aliphatic heterocycles. The number of nitrogens with one attached hydrogen (secondary N) is 1. The van der Waals surface area contributed by atoms with Crippen LogP contribution in [0.4, 0.5) is 0 Å². The molecule has 0 bridgehead atoms. The Kier molecular flexibility index (Phi) is 8.13. The Hall–Kier alpha value is -1.90. The highest BCUT2D eigenvalue weighted by molar-refractivity contribution is 9.10. The maximum absolute atomic E-state index is 12.8. The van der Waals surface area contributed by atoms with Crippen molar-refractivity contribution in [2.45, 2.75) is 38.5 Å². The fourth-order valence-electron chi connectivity index (χ4n) is 3.76. The number of nitrogens with zero attached hydrogens (tertiary/aromatic N) is 1. The van der Waals surface area contributed by atoms with Crippen molar-refractivity contribution in [3.63, 3.8) is 0 Å². The Balaban J connectivity index is 1.52. The zero-order valence-electron chi connectivity index (χ0n) is 17.9. The minimum Gasteiger partial charge on any atom is -0.494 e. The van der Waals surface area contributed by atoms with Crippen molar-refractivity contribution in [2.75, 3.05) is 19.7 Å². The lowest BCUT2D eigenvalue weighted by Gasteiger charge is -2.31. The van der Waals surface area contributed by atoms with E-state index in [0.717, 1.165) is 21.3 Å². The van der Waals surface area contributed by atoms with Crippen LogP contribution in [0.1, 0.15) is 43.9 Å². The van der Waals surface area contributed by atoms with E-state index in [1.165, 1.54) is 4.31 Å². The van der Waals surface area contributed by atoms with Gasteiger partial charge in [0, 0.05) is 23.5 Å². The van der Waals surface area contributed by atoms with Gasteiger partial charge in [-0.15, -0.1) is 0 Å². The van der Waals surface area contributed by atoms with Crippen LogP contribution in [0, 0.1) is 5.92 Å². The normalized spacial score (nSPS) is 16.6. The number of amides is 1. The molecule has 1 saturated heterocycles. The Morgan fingerprint density at radius 1 is 1.19 bits per heavy atom. The van der Waals surface area contributed by atoms with Gasteiger partial charge in [-0.05, 0) is 62.1 Å². The number of hydrogen-bond acceptors (Lipinski definition) is 4. The molecule has 3 rings (SSSR count). The van der Waals surface area contributed by atoms with Gasteiger partial charge in [0.1, 0.15) is 5.75 Å². The van der Waals surface area contributed by atoms with Gasteiger partial charge in [-0.1, -0.05) is 40.2 Å². The average Bonchev–Trinajstić information content (AvgIpc) is 2.74. The molecule has 0 unspecified atom stereocenters. The Morgan fingerprint density at radius 3 is 2.48 bits per heavy atom. The summed E-state index contributed by atoms with van der Waals surface area (Å²) in [6.07, 6.45) is 1.05. The molecular formula is C23H29BrN2O4S. The van der Waals surface area contributed by atoms with Crippen LogP contribution in [-0.2, 0) is 20.6 Å². The lowest BCUT2D eigenvalue weighted by Crippen LogP contribution is -2.43. The predicted molar refractivity (Wildman–Crippen MR) is 125 cm³/mol. The zero-order valence-corrected chi connectivity index (χ0v) is 20.3. The van der Waals surface area contributed by atoms with Crippen molar-refractivity contribution in [1.82, 2.24) is 9.62 Å². The second-order valence-electron chi connectivity index (χ2n) is 7.79. The van der Waals surface area contributed by atoms with Gasteiger partial charge in [0.15, 0.2) is 0 Å². The summed E-state index contributed by atoms with van der Waals surface area (Å²) < 4.78 is 33.4. The summed E-state index contributed by atoms with van der Waals surface area (Å²) in [7, 11) is -3.41. The van der Waals surface area contributed by atoms with Gasteiger partial charge in [0.05, 0.1) is 18.4 Å². The minimum absolute atomic E-state index is 0.0228. The van der Waals surface area contributed by atoms with Crippen LogP contribution in [0.5, 0.6) is 5.75 Å². The van der Waals surface area contributed by atoms with Crippen LogP contribution in [0.15, 0.2) is 53.0 Å². The smallest absolute Gasteiger partial charge is 0.223 e. The van der Waals surface area contributed by atoms with Crippen LogP contribution < -0.4 is 10.1 Å². The van der Waals surface area contributed by atoms with E-state index >= 15 is 0 Å². The largest absolute Gasteiger partial charge is 0.494 e. The molecule has 1 aliphatic rings. The summed E-state index contributed by atoms with van der Waals surface area (Å²) in [6, 6.07) is 14.9. The molecule has 8 heteroatoms. The number of sulfonamides is 1. The summed E-state index contributed by atoms with van der Waals surface area (Å²) >= 11 is 3.38. The second-order valence-corrected chi connectivity index (χ2v) is 10.7. The third-order valence-corrected chi connectivity index (χ3v) is 7.85. The standard InChI is InChI=1S/C23H29BrN2O4S/c1-3-30-22-9-7-19(8-10-22)17(2)25-23(27)20-11-13-26(14-12-20)31(28,29)16-18-5-4-6-21(24)15-18/h4-10,15,17,20H,3,11-14,16H2,1-2H3,(H,25,27)/t17-/m0/s1. The fraction of sp³-hybridized carbons (Fsp3) is 0.435. The minimum atomic E-state index is -3.41. The molecule has 0 radical (unpaired) electrons. The zero-order chi connectivity index (χ0) is 22.4. The third kappa shape index (κ3) is 6.54. The molecule has 0 saturated carbocycles. The molecule has 1 fully saturated rings. The van der Waals surface area contributed by atoms with Crippen LogP contribution in [-0.4, -0.2) is 38.3 Å². The van der Waals surface area contributed by atoms with Crippen LogP contribution in [0.2, 0.25) is 0 Å². The quantitative estimate of drug-likeness (QED) is 0.577. The fourth-order valence-corrected chi connectivity index (χ4v) is 5.76. The molecule has 0 aliphatic carbocycles. The summed E-state index contributed by atoms with van der Waals surface area (Å²) in [6.45, 7) is 5.24. The monoisotopic (exact) mass is 508 g/mol. The van der Waals surface area contributed by atoms with Gasteiger partial charge < -0.3 is 10.1 Å². The first-order valence-corrected chi connectivity index (χ1v) is 12.9.